The van der Waals surface area contributed by atoms with Crippen molar-refractivity contribution in [3.8, 4) is 5.75 Å². The number of nitrogens with one attached hydrogen (secondary N) is 1. The zero-order valence-electron chi connectivity index (χ0n) is 11.6. The van der Waals surface area contributed by atoms with E-state index in [0.717, 1.165) is 19.6 Å². The highest BCUT2D eigenvalue weighted by Crippen LogP contribution is 2.15. The number of halogens is 1. The molecule has 0 aliphatic carbocycles. The van der Waals surface area contributed by atoms with Crippen molar-refractivity contribution in [1.29, 1.82) is 0 Å². The molecule has 1 unspecified atom stereocenters. The molecule has 1 atom stereocenters. The smallest absolute Gasteiger partial charge is 0.165 e. The van der Waals surface area contributed by atoms with E-state index in [9.17, 15) is 4.39 Å². The highest BCUT2D eigenvalue weighted by Gasteiger charge is 2.14. The number of ether oxygens (including phenoxy) is 1. The molecule has 1 aromatic carbocycles. The summed E-state index contributed by atoms with van der Waals surface area (Å²) in [5, 5.41) is 3.52. The summed E-state index contributed by atoms with van der Waals surface area (Å²) < 4.78 is 18.8. The fourth-order valence-electron chi connectivity index (χ4n) is 2.42. The Kier molecular flexibility index (Phi) is 5.61. The normalized spacial score (nSPS) is 19.6. The van der Waals surface area contributed by atoms with Crippen molar-refractivity contribution in [2.24, 2.45) is 0 Å². The summed E-state index contributed by atoms with van der Waals surface area (Å²) in [4.78, 5) is 2.24. The van der Waals surface area contributed by atoms with E-state index in [-0.39, 0.29) is 5.82 Å². The van der Waals surface area contributed by atoms with E-state index < -0.39 is 0 Å². The van der Waals surface area contributed by atoms with Crippen LogP contribution < -0.4 is 10.1 Å². The van der Waals surface area contributed by atoms with Crippen molar-refractivity contribution in [3.63, 3.8) is 0 Å². The second-order valence-corrected chi connectivity index (χ2v) is 5.19. The van der Waals surface area contributed by atoms with Gasteiger partial charge in [-0.25, -0.2) is 4.39 Å². The molecule has 1 aliphatic rings. The van der Waals surface area contributed by atoms with Gasteiger partial charge < -0.3 is 15.0 Å². The number of nitrogens with zero attached hydrogens (tertiary/aromatic N) is 1. The minimum Gasteiger partial charge on any atom is -0.489 e. The summed E-state index contributed by atoms with van der Waals surface area (Å²) in [6.07, 6.45) is 3.85. The predicted molar refractivity (Wildman–Crippen MR) is 75.0 cm³/mol. The predicted octanol–water partition coefficient (Wildman–Crippen LogP) is 2.28. The first kappa shape index (κ1) is 14.3. The van der Waals surface area contributed by atoms with Crippen LogP contribution in [0.1, 0.15) is 19.3 Å². The lowest BCUT2D eigenvalue weighted by Gasteiger charge is -2.28. The van der Waals surface area contributed by atoms with Gasteiger partial charge in [0.15, 0.2) is 11.6 Å². The van der Waals surface area contributed by atoms with E-state index in [1.54, 1.807) is 18.2 Å². The maximum Gasteiger partial charge on any atom is 0.165 e. The van der Waals surface area contributed by atoms with Gasteiger partial charge in [-0.15, -0.1) is 0 Å². The third-order valence-electron chi connectivity index (χ3n) is 3.51. The molecule has 0 amide bonds. The molecule has 0 radical (unpaired) electrons. The molecule has 4 heteroatoms. The molecule has 0 aromatic heterocycles. The second kappa shape index (κ2) is 7.46. The minimum absolute atomic E-state index is 0.292. The van der Waals surface area contributed by atoms with Gasteiger partial charge >= 0.3 is 0 Å². The van der Waals surface area contributed by atoms with Gasteiger partial charge in [0.05, 0.1) is 0 Å². The molecule has 1 aliphatic heterocycles. The van der Waals surface area contributed by atoms with Crippen LogP contribution in [0.5, 0.6) is 5.75 Å². The Bertz CT molecular complexity index is 380. The van der Waals surface area contributed by atoms with Crippen LogP contribution in [0.4, 0.5) is 4.39 Å². The quantitative estimate of drug-likeness (QED) is 0.855. The van der Waals surface area contributed by atoms with Gasteiger partial charge in [-0.05, 0) is 38.6 Å². The molecule has 1 aromatic rings. The van der Waals surface area contributed by atoms with E-state index in [4.69, 9.17) is 4.74 Å². The Morgan fingerprint density at radius 1 is 1.37 bits per heavy atom. The van der Waals surface area contributed by atoms with E-state index in [2.05, 4.69) is 17.3 Å². The molecule has 106 valence electrons. The number of benzene rings is 1. The van der Waals surface area contributed by atoms with Crippen LogP contribution in [0, 0.1) is 5.82 Å². The van der Waals surface area contributed by atoms with Gasteiger partial charge in [-0.3, -0.25) is 0 Å². The summed E-state index contributed by atoms with van der Waals surface area (Å²) in [5.41, 5.74) is 0. The lowest BCUT2D eigenvalue weighted by atomic mass is 10.0. The molecule has 19 heavy (non-hydrogen) atoms. The molecular formula is C15H23FN2O. The first-order valence-corrected chi connectivity index (χ1v) is 7.05. The number of piperidine rings is 1. The molecule has 1 saturated heterocycles. The maximum absolute atomic E-state index is 13.3. The van der Waals surface area contributed by atoms with Gasteiger partial charge in [0.1, 0.15) is 6.61 Å². The van der Waals surface area contributed by atoms with Crippen molar-refractivity contribution in [2.75, 3.05) is 33.3 Å². The zero-order chi connectivity index (χ0) is 13.5. The second-order valence-electron chi connectivity index (χ2n) is 5.19. The molecule has 1 fully saturated rings. The van der Waals surface area contributed by atoms with Gasteiger partial charge in [0.25, 0.3) is 0 Å². The van der Waals surface area contributed by atoms with Crippen LogP contribution in [0.15, 0.2) is 24.3 Å². The van der Waals surface area contributed by atoms with Gasteiger partial charge in [0, 0.05) is 19.1 Å². The van der Waals surface area contributed by atoms with Gasteiger partial charge in [0.2, 0.25) is 0 Å². The molecule has 1 heterocycles. The Labute approximate surface area is 114 Å². The average molecular weight is 266 g/mol. The molecule has 0 spiro atoms. The highest BCUT2D eigenvalue weighted by molar-refractivity contribution is 5.23. The van der Waals surface area contributed by atoms with Crippen LogP contribution in [0.25, 0.3) is 0 Å². The maximum atomic E-state index is 13.3. The van der Waals surface area contributed by atoms with Crippen LogP contribution in [-0.2, 0) is 0 Å². The Morgan fingerprint density at radius 3 is 2.95 bits per heavy atom. The number of hydrogen-bond acceptors (Lipinski definition) is 3. The van der Waals surface area contributed by atoms with Crippen molar-refractivity contribution in [2.45, 2.75) is 25.3 Å². The van der Waals surface area contributed by atoms with Gasteiger partial charge in [-0.1, -0.05) is 18.6 Å². The topological polar surface area (TPSA) is 24.5 Å². The molecule has 1 N–H and O–H groups in total. The Morgan fingerprint density at radius 2 is 2.21 bits per heavy atom. The average Bonchev–Trinajstić information content (AvgIpc) is 2.42. The molecular weight excluding hydrogens is 243 g/mol. The lowest BCUT2D eigenvalue weighted by Crippen LogP contribution is -2.43. The highest BCUT2D eigenvalue weighted by atomic mass is 19.1. The van der Waals surface area contributed by atoms with E-state index in [1.807, 2.05) is 0 Å². The SMILES string of the molecule is CN(CCOc1ccccc1F)CC1CCCCN1. The summed E-state index contributed by atoms with van der Waals surface area (Å²) >= 11 is 0. The summed E-state index contributed by atoms with van der Waals surface area (Å²) in [7, 11) is 2.08. The number of hydrogen-bond donors (Lipinski definition) is 1. The standard InChI is InChI=1S/C15H23FN2O/c1-18(12-13-6-4-5-9-17-13)10-11-19-15-8-3-2-7-14(15)16/h2-3,7-8,13,17H,4-6,9-12H2,1H3. The van der Waals surface area contributed by atoms with Gasteiger partial charge in [-0.2, -0.15) is 0 Å². The van der Waals surface area contributed by atoms with E-state index in [1.165, 1.54) is 25.3 Å². The van der Waals surface area contributed by atoms with Crippen molar-refractivity contribution in [3.05, 3.63) is 30.1 Å². The van der Waals surface area contributed by atoms with E-state index >= 15 is 0 Å². The lowest BCUT2D eigenvalue weighted by molar-refractivity contribution is 0.207. The summed E-state index contributed by atoms with van der Waals surface area (Å²) in [5.74, 6) is 0.0470. The zero-order valence-corrected chi connectivity index (χ0v) is 11.6. The molecule has 0 saturated carbocycles. The third-order valence-corrected chi connectivity index (χ3v) is 3.51. The fraction of sp³-hybridized carbons (Fsp3) is 0.600. The van der Waals surface area contributed by atoms with Crippen LogP contribution >= 0.6 is 0 Å². The Balaban J connectivity index is 1.66. The van der Waals surface area contributed by atoms with Crippen molar-refractivity contribution in [1.82, 2.24) is 10.2 Å². The fourth-order valence-corrected chi connectivity index (χ4v) is 2.42. The molecule has 0 bridgehead atoms. The minimum atomic E-state index is -0.292. The number of para-hydroxylation sites is 1. The van der Waals surface area contributed by atoms with Crippen molar-refractivity contribution < 1.29 is 9.13 Å². The summed E-state index contributed by atoms with van der Waals surface area (Å²) in [6.45, 7) is 3.49. The largest absolute Gasteiger partial charge is 0.489 e. The van der Waals surface area contributed by atoms with Crippen LogP contribution in [-0.4, -0.2) is 44.2 Å². The van der Waals surface area contributed by atoms with Crippen LogP contribution in [0.3, 0.4) is 0 Å². The third kappa shape index (κ3) is 4.80. The molecule has 2 rings (SSSR count). The molecule has 3 nitrogen and oxygen atoms in total. The number of rotatable bonds is 6. The van der Waals surface area contributed by atoms with Crippen molar-refractivity contribution >= 4 is 0 Å². The first-order valence-electron chi connectivity index (χ1n) is 7.05. The van der Waals surface area contributed by atoms with Crippen LogP contribution in [0.2, 0.25) is 0 Å². The van der Waals surface area contributed by atoms with E-state index in [0.29, 0.717) is 18.4 Å². The number of likely N-dealkylation sites (N-methyl/N-ethyl adjacent to an activating group) is 1. The Hall–Kier alpha value is -1.13. The monoisotopic (exact) mass is 266 g/mol. The first-order chi connectivity index (χ1) is 9.25. The summed E-state index contributed by atoms with van der Waals surface area (Å²) in [6, 6.07) is 7.13.